The lowest BCUT2D eigenvalue weighted by Gasteiger charge is -2.10. The number of hydrogen-bond acceptors (Lipinski definition) is 3. The minimum atomic E-state index is -0.893. The first-order valence-electron chi connectivity index (χ1n) is 9.16. The molecule has 0 saturated heterocycles. The Hall–Kier alpha value is -2.60. The monoisotopic (exact) mass is 382 g/mol. The molecule has 1 aliphatic carbocycles. The Morgan fingerprint density at radius 2 is 2.00 bits per heavy atom. The maximum atomic E-state index is 13.2. The number of carbonyl (C=O) groups is 1. The molecule has 0 saturated carbocycles. The van der Waals surface area contributed by atoms with Crippen LogP contribution >= 0.6 is 11.3 Å². The predicted molar refractivity (Wildman–Crippen MR) is 109 cm³/mol. The molecule has 0 aliphatic heterocycles. The summed E-state index contributed by atoms with van der Waals surface area (Å²) in [4.78, 5) is 24.4. The fourth-order valence-corrected chi connectivity index (χ4v) is 5.04. The average Bonchev–Trinajstić information content (AvgIpc) is 3.15. The van der Waals surface area contributed by atoms with Gasteiger partial charge in [0.05, 0.1) is 23.7 Å². The van der Waals surface area contributed by atoms with Crippen molar-refractivity contribution in [2.24, 2.45) is 0 Å². The van der Waals surface area contributed by atoms with Crippen molar-refractivity contribution in [3.8, 4) is 0 Å². The summed E-state index contributed by atoms with van der Waals surface area (Å²) in [5.74, 6) is -0.893. The Balaban J connectivity index is 1.88. The molecule has 4 rings (SSSR count). The van der Waals surface area contributed by atoms with Crippen LogP contribution in [0.15, 0.2) is 28.4 Å². The number of aryl methyl sites for hydroxylation is 1. The molecule has 0 spiro atoms. The maximum absolute atomic E-state index is 13.2. The van der Waals surface area contributed by atoms with Gasteiger partial charge >= 0.3 is 11.7 Å². The van der Waals surface area contributed by atoms with Crippen molar-refractivity contribution < 1.29 is 9.90 Å². The van der Waals surface area contributed by atoms with E-state index in [1.807, 2.05) is 0 Å². The molecule has 0 fully saturated rings. The van der Waals surface area contributed by atoms with Crippen LogP contribution in [0.3, 0.4) is 0 Å². The van der Waals surface area contributed by atoms with Crippen LogP contribution in [0.25, 0.3) is 22.2 Å². The number of carboxylic acid groups (broad SMARTS) is 1. The Kier molecular flexibility index (Phi) is 4.52. The van der Waals surface area contributed by atoms with Crippen molar-refractivity contribution in [3.63, 3.8) is 0 Å². The summed E-state index contributed by atoms with van der Waals surface area (Å²) < 4.78 is 4.68. The topological polar surface area (TPSA) is 64.2 Å². The van der Waals surface area contributed by atoms with Crippen molar-refractivity contribution >= 4 is 39.5 Å². The standard InChI is InChI=1S/C21H22N2O3S/c1-13-6-5-9-18-20(13)15(12-27-18)11-22-16-7-3-4-8-17(16)23(21(22)26)14(2)10-19(24)25/h5-9,12,14H,3-4,10-11H2,1-2H3,(H,24,25). The number of benzene rings is 1. The van der Waals surface area contributed by atoms with Gasteiger partial charge in [0.1, 0.15) is 0 Å². The molecule has 1 aliphatic rings. The normalized spacial score (nSPS) is 14.4. The van der Waals surface area contributed by atoms with E-state index < -0.39 is 5.97 Å². The number of thiophene rings is 1. The zero-order chi connectivity index (χ0) is 19.1. The fraction of sp³-hybridized carbons (Fsp3) is 0.333. The minimum absolute atomic E-state index is 0.0648. The highest BCUT2D eigenvalue weighted by Gasteiger charge is 2.19. The molecule has 0 bridgehead atoms. The Morgan fingerprint density at radius 1 is 1.26 bits per heavy atom. The van der Waals surface area contributed by atoms with E-state index in [0.29, 0.717) is 6.54 Å². The lowest BCUT2D eigenvalue weighted by atomic mass is 10.1. The molecule has 1 atom stereocenters. The molecule has 3 aromatic rings. The first kappa shape index (κ1) is 17.8. The van der Waals surface area contributed by atoms with E-state index in [9.17, 15) is 9.59 Å². The molecule has 1 N–H and O–H groups in total. The van der Waals surface area contributed by atoms with Gasteiger partial charge in [0, 0.05) is 16.1 Å². The first-order chi connectivity index (χ1) is 13.0. The summed E-state index contributed by atoms with van der Waals surface area (Å²) >= 11 is 1.69. The highest BCUT2D eigenvalue weighted by atomic mass is 32.1. The van der Waals surface area contributed by atoms with Crippen LogP contribution in [0.5, 0.6) is 0 Å². The largest absolute Gasteiger partial charge is 0.481 e. The van der Waals surface area contributed by atoms with Gasteiger partial charge in [-0.3, -0.25) is 13.9 Å². The highest BCUT2D eigenvalue weighted by Crippen LogP contribution is 2.29. The van der Waals surface area contributed by atoms with Crippen LogP contribution in [0.1, 0.15) is 43.4 Å². The number of aliphatic carboxylic acids is 1. The number of aromatic nitrogens is 2. The molecule has 140 valence electrons. The third-order valence-corrected chi connectivity index (χ3v) is 6.21. The predicted octanol–water partition coefficient (Wildman–Crippen LogP) is 2.61. The maximum Gasteiger partial charge on any atom is 0.329 e. The lowest BCUT2D eigenvalue weighted by Crippen LogP contribution is -2.36. The number of imidazole rings is 1. The van der Waals surface area contributed by atoms with Crippen LogP contribution in [0.2, 0.25) is 0 Å². The van der Waals surface area contributed by atoms with Gasteiger partial charge in [-0.05, 0) is 49.3 Å². The fourth-order valence-electron chi connectivity index (χ4n) is 4.01. The summed E-state index contributed by atoms with van der Waals surface area (Å²) in [5, 5.41) is 14.3. The summed E-state index contributed by atoms with van der Waals surface area (Å²) in [5.41, 5.74) is 2.22. The van der Waals surface area contributed by atoms with Gasteiger partial charge in [0.25, 0.3) is 0 Å². The summed E-state index contributed by atoms with van der Waals surface area (Å²) in [6.45, 7) is 4.40. The molecule has 1 aromatic carbocycles. The van der Waals surface area contributed by atoms with Crippen molar-refractivity contribution in [1.82, 2.24) is 9.13 Å². The number of carboxylic acids is 1. The van der Waals surface area contributed by atoms with E-state index in [1.165, 1.54) is 15.6 Å². The average molecular weight is 382 g/mol. The molecular formula is C21H22N2O3S. The van der Waals surface area contributed by atoms with Gasteiger partial charge in [0.2, 0.25) is 0 Å². The minimum Gasteiger partial charge on any atom is -0.481 e. The molecule has 0 radical (unpaired) electrons. The van der Waals surface area contributed by atoms with Crippen LogP contribution in [-0.4, -0.2) is 20.2 Å². The van der Waals surface area contributed by atoms with E-state index in [2.05, 4.69) is 42.7 Å². The highest BCUT2D eigenvalue weighted by molar-refractivity contribution is 7.17. The number of fused-ring (bicyclic) bond motifs is 2. The van der Waals surface area contributed by atoms with Crippen molar-refractivity contribution in [3.05, 3.63) is 55.9 Å². The van der Waals surface area contributed by atoms with Gasteiger partial charge < -0.3 is 5.11 Å². The molecule has 2 aromatic heterocycles. The summed E-state index contributed by atoms with van der Waals surface area (Å²) in [6.07, 6.45) is 5.86. The van der Waals surface area contributed by atoms with Gasteiger partial charge in [-0.15, -0.1) is 11.3 Å². The Labute approximate surface area is 160 Å². The van der Waals surface area contributed by atoms with Crippen LogP contribution in [0, 0.1) is 6.92 Å². The van der Waals surface area contributed by atoms with E-state index in [0.717, 1.165) is 29.1 Å². The molecule has 27 heavy (non-hydrogen) atoms. The van der Waals surface area contributed by atoms with Gasteiger partial charge in [-0.1, -0.05) is 24.3 Å². The second-order valence-corrected chi connectivity index (χ2v) is 8.06. The summed E-state index contributed by atoms with van der Waals surface area (Å²) in [7, 11) is 0. The smallest absolute Gasteiger partial charge is 0.329 e. The van der Waals surface area contributed by atoms with Crippen molar-refractivity contribution in [1.29, 1.82) is 0 Å². The van der Waals surface area contributed by atoms with E-state index in [4.69, 9.17) is 5.11 Å². The molecule has 2 heterocycles. The van der Waals surface area contributed by atoms with E-state index in [1.54, 1.807) is 27.4 Å². The quantitative estimate of drug-likeness (QED) is 0.738. The molecule has 6 heteroatoms. The number of nitrogens with zero attached hydrogens (tertiary/aromatic N) is 2. The van der Waals surface area contributed by atoms with Crippen LogP contribution < -0.4 is 16.4 Å². The second-order valence-electron chi connectivity index (χ2n) is 7.15. The zero-order valence-electron chi connectivity index (χ0n) is 15.4. The molecular weight excluding hydrogens is 360 g/mol. The molecule has 5 nitrogen and oxygen atoms in total. The first-order valence-corrected chi connectivity index (χ1v) is 10.0. The number of rotatable bonds is 5. The van der Waals surface area contributed by atoms with Crippen LogP contribution in [-0.2, 0) is 11.3 Å². The number of hydrogen-bond donors (Lipinski definition) is 1. The zero-order valence-corrected chi connectivity index (χ0v) is 16.3. The second kappa shape index (κ2) is 6.85. The third kappa shape index (κ3) is 3.04. The third-order valence-electron chi connectivity index (χ3n) is 5.21. The Bertz CT molecular complexity index is 1210. The van der Waals surface area contributed by atoms with E-state index >= 15 is 0 Å². The van der Waals surface area contributed by atoms with Crippen LogP contribution in [0.4, 0.5) is 0 Å². The molecule has 0 amide bonds. The summed E-state index contributed by atoms with van der Waals surface area (Å²) in [6, 6.07) is 5.87. The Morgan fingerprint density at radius 3 is 2.74 bits per heavy atom. The molecule has 1 unspecified atom stereocenters. The SMILES string of the molecule is Cc1cccc2scc(Cn3c4c(n(C(C)CC(=O)O)c3=O)=CCCC=4)c12. The van der Waals surface area contributed by atoms with Crippen molar-refractivity contribution in [2.45, 2.75) is 45.7 Å². The lowest BCUT2D eigenvalue weighted by molar-refractivity contribution is -0.137. The van der Waals surface area contributed by atoms with E-state index in [-0.39, 0.29) is 18.2 Å². The van der Waals surface area contributed by atoms with Gasteiger partial charge in [-0.2, -0.15) is 0 Å². The van der Waals surface area contributed by atoms with Gasteiger partial charge in [0.15, 0.2) is 0 Å². The van der Waals surface area contributed by atoms with Crippen molar-refractivity contribution in [2.75, 3.05) is 0 Å². The van der Waals surface area contributed by atoms with Gasteiger partial charge in [-0.25, -0.2) is 4.79 Å².